The van der Waals surface area contributed by atoms with E-state index in [1.54, 1.807) is 11.8 Å². The summed E-state index contributed by atoms with van der Waals surface area (Å²) in [5.74, 6) is -0.940. The Morgan fingerprint density at radius 2 is 1.88 bits per heavy atom. The molecule has 2 aliphatic heterocycles. The molecule has 2 saturated heterocycles. The van der Waals surface area contributed by atoms with Gasteiger partial charge in [-0.15, -0.1) is 0 Å². The molecule has 0 radical (unpaired) electrons. The maximum atomic E-state index is 13.4. The lowest BCUT2D eigenvalue weighted by molar-refractivity contribution is -0.179. The molecule has 2 aliphatic rings. The molecule has 0 aromatic heterocycles. The van der Waals surface area contributed by atoms with Gasteiger partial charge >= 0.3 is 5.97 Å². The average Bonchev–Trinajstić information content (AvgIpc) is 2.67. The van der Waals surface area contributed by atoms with Crippen LogP contribution in [-0.2, 0) is 25.7 Å². The lowest BCUT2D eigenvalue weighted by atomic mass is 9.81. The van der Waals surface area contributed by atoms with Crippen molar-refractivity contribution in [3.63, 3.8) is 0 Å². The van der Waals surface area contributed by atoms with Gasteiger partial charge in [-0.25, -0.2) is 0 Å². The van der Waals surface area contributed by atoms with Gasteiger partial charge in [0.15, 0.2) is 5.60 Å². The molecule has 6 nitrogen and oxygen atoms in total. The first-order valence-electron chi connectivity index (χ1n) is 9.24. The highest BCUT2D eigenvalue weighted by atomic mass is 16.5. The largest absolute Gasteiger partial charge is 0.481 e. The molecule has 1 aromatic carbocycles. The molecule has 1 atom stereocenters. The van der Waals surface area contributed by atoms with Crippen molar-refractivity contribution in [2.24, 2.45) is 5.41 Å². The number of benzene rings is 1. The van der Waals surface area contributed by atoms with Crippen molar-refractivity contribution >= 4 is 11.9 Å². The zero-order valence-electron chi connectivity index (χ0n) is 15.3. The molecule has 6 heteroatoms. The van der Waals surface area contributed by atoms with Gasteiger partial charge in [0.2, 0.25) is 0 Å². The van der Waals surface area contributed by atoms with Crippen molar-refractivity contribution in [3.05, 3.63) is 35.9 Å². The molecule has 26 heavy (non-hydrogen) atoms. The standard InChI is InChI=1S/C20H27NO5/c1-19(18(23)24)8-5-11-21(15-19)17(22)20(9-12-25-13-10-20)26-14-16-6-3-2-4-7-16/h2-4,6-7H,5,8-15H2,1H3,(H,23,24). The van der Waals surface area contributed by atoms with E-state index in [-0.39, 0.29) is 12.5 Å². The quantitative estimate of drug-likeness (QED) is 0.872. The first-order chi connectivity index (χ1) is 12.5. The van der Waals surface area contributed by atoms with Crippen molar-refractivity contribution in [3.8, 4) is 0 Å². The van der Waals surface area contributed by atoms with Gasteiger partial charge in [-0.1, -0.05) is 30.3 Å². The molecule has 1 N–H and O–H groups in total. The Balaban J connectivity index is 1.76. The summed E-state index contributed by atoms with van der Waals surface area (Å²) < 4.78 is 11.6. The summed E-state index contributed by atoms with van der Waals surface area (Å²) in [5, 5.41) is 9.53. The predicted octanol–water partition coefficient (Wildman–Crippen LogP) is 2.47. The minimum atomic E-state index is -0.926. The maximum absolute atomic E-state index is 13.4. The zero-order chi connectivity index (χ0) is 18.6. The predicted molar refractivity (Wildman–Crippen MR) is 95.6 cm³/mol. The number of carbonyl (C=O) groups is 2. The minimum absolute atomic E-state index is 0.0936. The highest BCUT2D eigenvalue weighted by molar-refractivity contribution is 5.86. The number of aliphatic carboxylic acids is 1. The van der Waals surface area contributed by atoms with Crippen molar-refractivity contribution in [1.29, 1.82) is 0 Å². The van der Waals surface area contributed by atoms with Crippen molar-refractivity contribution in [2.75, 3.05) is 26.3 Å². The van der Waals surface area contributed by atoms with Crippen LogP contribution in [0.3, 0.4) is 0 Å². The first-order valence-corrected chi connectivity index (χ1v) is 9.24. The number of rotatable bonds is 5. The van der Waals surface area contributed by atoms with Gasteiger partial charge in [0, 0.05) is 39.1 Å². The summed E-state index contributed by atoms with van der Waals surface area (Å²) in [6.07, 6.45) is 2.28. The highest BCUT2D eigenvalue weighted by Gasteiger charge is 2.47. The highest BCUT2D eigenvalue weighted by Crippen LogP contribution is 2.34. The van der Waals surface area contributed by atoms with Gasteiger partial charge < -0.3 is 19.5 Å². The molecule has 1 amide bonds. The number of carbonyl (C=O) groups excluding carboxylic acids is 1. The Bertz CT molecular complexity index is 641. The van der Waals surface area contributed by atoms with Crippen LogP contribution in [0, 0.1) is 5.41 Å². The molecule has 0 bridgehead atoms. The lowest BCUT2D eigenvalue weighted by Gasteiger charge is -2.44. The monoisotopic (exact) mass is 361 g/mol. The molecule has 2 heterocycles. The fourth-order valence-electron chi connectivity index (χ4n) is 3.79. The molecule has 142 valence electrons. The van der Waals surface area contributed by atoms with E-state index in [0.717, 1.165) is 5.56 Å². The fourth-order valence-corrected chi connectivity index (χ4v) is 3.79. The van der Waals surface area contributed by atoms with Gasteiger partial charge in [0.1, 0.15) is 0 Å². The lowest BCUT2D eigenvalue weighted by Crippen LogP contribution is -2.58. The second kappa shape index (κ2) is 7.76. The SMILES string of the molecule is CC1(C(=O)O)CCCN(C(=O)C2(OCc3ccccc3)CCOCC2)C1. The molecule has 2 fully saturated rings. The van der Waals surface area contributed by atoms with Crippen molar-refractivity contribution in [1.82, 2.24) is 4.90 Å². The second-order valence-corrected chi connectivity index (χ2v) is 7.58. The van der Waals surface area contributed by atoms with Crippen LogP contribution in [-0.4, -0.2) is 53.8 Å². The topological polar surface area (TPSA) is 76.1 Å². The number of hydrogen-bond donors (Lipinski definition) is 1. The van der Waals surface area contributed by atoms with Crippen LogP contribution in [0.2, 0.25) is 0 Å². The molecule has 1 aromatic rings. The van der Waals surface area contributed by atoms with E-state index < -0.39 is 17.0 Å². The summed E-state index contributed by atoms with van der Waals surface area (Å²) in [5.41, 5.74) is -0.801. The number of hydrogen-bond acceptors (Lipinski definition) is 4. The number of carboxylic acid groups (broad SMARTS) is 1. The molecule has 3 rings (SSSR count). The minimum Gasteiger partial charge on any atom is -0.481 e. The van der Waals surface area contributed by atoms with E-state index in [2.05, 4.69) is 0 Å². The van der Waals surface area contributed by atoms with E-state index in [1.807, 2.05) is 30.3 Å². The van der Waals surface area contributed by atoms with E-state index in [9.17, 15) is 14.7 Å². The van der Waals surface area contributed by atoms with Crippen LogP contribution in [0.15, 0.2) is 30.3 Å². The van der Waals surface area contributed by atoms with E-state index in [1.165, 1.54) is 0 Å². The third kappa shape index (κ3) is 3.91. The zero-order valence-corrected chi connectivity index (χ0v) is 15.3. The molecular weight excluding hydrogens is 334 g/mol. The van der Waals surface area contributed by atoms with Crippen molar-refractivity contribution < 1.29 is 24.2 Å². The van der Waals surface area contributed by atoms with Crippen LogP contribution in [0.25, 0.3) is 0 Å². The normalized spacial score (nSPS) is 25.7. The number of carboxylic acids is 1. The van der Waals surface area contributed by atoms with Gasteiger partial charge in [0.25, 0.3) is 5.91 Å². The maximum Gasteiger partial charge on any atom is 0.311 e. The summed E-state index contributed by atoms with van der Waals surface area (Å²) >= 11 is 0. The molecular formula is C20H27NO5. The van der Waals surface area contributed by atoms with E-state index in [0.29, 0.717) is 52.0 Å². The average molecular weight is 361 g/mol. The number of piperidine rings is 1. The van der Waals surface area contributed by atoms with Crippen LogP contribution in [0.4, 0.5) is 0 Å². The van der Waals surface area contributed by atoms with Crippen LogP contribution in [0.5, 0.6) is 0 Å². The number of likely N-dealkylation sites (tertiary alicyclic amines) is 1. The Labute approximate surface area is 154 Å². The third-order valence-corrected chi connectivity index (χ3v) is 5.55. The Hall–Kier alpha value is -1.92. The van der Waals surface area contributed by atoms with Crippen LogP contribution < -0.4 is 0 Å². The summed E-state index contributed by atoms with van der Waals surface area (Å²) in [6, 6.07) is 9.78. The van der Waals surface area contributed by atoms with E-state index >= 15 is 0 Å². The Morgan fingerprint density at radius 3 is 2.54 bits per heavy atom. The Morgan fingerprint density at radius 1 is 1.19 bits per heavy atom. The second-order valence-electron chi connectivity index (χ2n) is 7.58. The molecule has 1 unspecified atom stereocenters. The fraction of sp³-hybridized carbons (Fsp3) is 0.600. The molecule has 0 saturated carbocycles. The van der Waals surface area contributed by atoms with Gasteiger partial charge in [-0.2, -0.15) is 0 Å². The summed E-state index contributed by atoms with van der Waals surface area (Å²) in [7, 11) is 0. The van der Waals surface area contributed by atoms with Gasteiger partial charge in [0.05, 0.1) is 12.0 Å². The van der Waals surface area contributed by atoms with E-state index in [4.69, 9.17) is 9.47 Å². The first kappa shape index (κ1) is 18.9. The Kier molecular flexibility index (Phi) is 5.63. The number of ether oxygens (including phenoxy) is 2. The molecule has 0 aliphatic carbocycles. The van der Waals surface area contributed by atoms with Crippen molar-refractivity contribution in [2.45, 2.75) is 44.8 Å². The van der Waals surface area contributed by atoms with Gasteiger partial charge in [-0.05, 0) is 25.3 Å². The third-order valence-electron chi connectivity index (χ3n) is 5.55. The number of amides is 1. The van der Waals surface area contributed by atoms with Gasteiger partial charge in [-0.3, -0.25) is 9.59 Å². The van der Waals surface area contributed by atoms with Crippen LogP contribution >= 0.6 is 0 Å². The number of nitrogens with zero attached hydrogens (tertiary/aromatic N) is 1. The summed E-state index contributed by atoms with van der Waals surface area (Å²) in [6.45, 7) is 3.85. The van der Waals surface area contributed by atoms with Crippen LogP contribution in [0.1, 0.15) is 38.2 Å². The summed E-state index contributed by atoms with van der Waals surface area (Å²) in [4.78, 5) is 26.7. The molecule has 0 spiro atoms. The smallest absolute Gasteiger partial charge is 0.311 e.